The lowest BCUT2D eigenvalue weighted by atomic mass is 9.78. The third-order valence-corrected chi connectivity index (χ3v) is 5.80. The van der Waals surface area contributed by atoms with Crippen LogP contribution in [0.4, 0.5) is 0 Å². The highest BCUT2D eigenvalue weighted by atomic mass is 35.5. The van der Waals surface area contributed by atoms with Crippen molar-refractivity contribution in [3.05, 3.63) is 29.8 Å². The summed E-state index contributed by atoms with van der Waals surface area (Å²) in [6.45, 7) is 2.90. The fraction of sp³-hybridized carbons (Fsp3) is 0.650. The molecule has 1 saturated carbocycles. The molecule has 1 unspecified atom stereocenters. The van der Waals surface area contributed by atoms with Gasteiger partial charge in [-0.1, -0.05) is 31.0 Å². The van der Waals surface area contributed by atoms with Gasteiger partial charge in [-0.05, 0) is 50.8 Å². The Bertz CT molecular complexity index is 552. The summed E-state index contributed by atoms with van der Waals surface area (Å²) < 4.78 is 5.58. The maximum absolute atomic E-state index is 12.3. The number of para-hydroxylation sites is 1. The van der Waals surface area contributed by atoms with Crippen molar-refractivity contribution in [1.29, 1.82) is 0 Å². The summed E-state index contributed by atoms with van der Waals surface area (Å²) in [5.41, 5.74) is 1.29. The Kier molecular flexibility index (Phi) is 7.57. The Balaban J connectivity index is 0.00000225. The highest BCUT2D eigenvalue weighted by Gasteiger charge is 2.38. The van der Waals surface area contributed by atoms with Crippen LogP contribution in [0.1, 0.15) is 50.5 Å². The summed E-state index contributed by atoms with van der Waals surface area (Å²) >= 11 is 0. The van der Waals surface area contributed by atoms with Gasteiger partial charge in [0.15, 0.2) is 0 Å². The molecule has 1 amide bonds. The van der Waals surface area contributed by atoms with E-state index in [4.69, 9.17) is 4.74 Å². The van der Waals surface area contributed by atoms with E-state index in [1.807, 2.05) is 12.1 Å². The van der Waals surface area contributed by atoms with Gasteiger partial charge in [-0.2, -0.15) is 0 Å². The van der Waals surface area contributed by atoms with Crippen molar-refractivity contribution in [3.63, 3.8) is 0 Å². The number of rotatable bonds is 7. The number of nitrogens with one attached hydrogen (secondary N) is 2. The first kappa shape index (κ1) is 20.1. The molecule has 140 valence electrons. The number of methoxy groups -OCH3 is 1. The predicted molar refractivity (Wildman–Crippen MR) is 104 cm³/mol. The van der Waals surface area contributed by atoms with Crippen LogP contribution in [0.25, 0.3) is 0 Å². The second kappa shape index (κ2) is 9.44. The smallest absolute Gasteiger partial charge is 0.220 e. The molecule has 2 N–H and O–H groups in total. The van der Waals surface area contributed by atoms with Gasteiger partial charge in [-0.15, -0.1) is 12.4 Å². The maximum Gasteiger partial charge on any atom is 0.220 e. The molecule has 2 aliphatic rings. The minimum atomic E-state index is 0. The van der Waals surface area contributed by atoms with E-state index in [-0.39, 0.29) is 23.7 Å². The minimum Gasteiger partial charge on any atom is -0.496 e. The largest absolute Gasteiger partial charge is 0.496 e. The first-order chi connectivity index (χ1) is 11.7. The van der Waals surface area contributed by atoms with Crippen LogP contribution in [-0.4, -0.2) is 32.7 Å². The van der Waals surface area contributed by atoms with Crippen molar-refractivity contribution in [2.45, 2.75) is 50.4 Å². The van der Waals surface area contributed by atoms with Gasteiger partial charge in [0.05, 0.1) is 7.11 Å². The van der Waals surface area contributed by atoms with Gasteiger partial charge in [0.2, 0.25) is 5.91 Å². The van der Waals surface area contributed by atoms with Gasteiger partial charge < -0.3 is 15.4 Å². The van der Waals surface area contributed by atoms with Gasteiger partial charge in [-0.25, -0.2) is 0 Å². The molecule has 2 fully saturated rings. The van der Waals surface area contributed by atoms with E-state index in [0.717, 1.165) is 44.6 Å². The lowest BCUT2D eigenvalue weighted by Gasteiger charge is -2.31. The zero-order valence-electron chi connectivity index (χ0n) is 15.2. The van der Waals surface area contributed by atoms with E-state index >= 15 is 0 Å². The second-order valence-corrected chi connectivity index (χ2v) is 7.36. The normalized spacial score (nSPS) is 21.6. The molecule has 0 spiro atoms. The van der Waals surface area contributed by atoms with Crippen LogP contribution < -0.4 is 15.4 Å². The standard InChI is InChI=1S/C20H30N2O2.ClH/c1-24-18-7-3-2-6-17(18)20(11-4-5-12-20)15-22-19(23)9-8-16-10-13-21-14-16;/h2-3,6-7,16,21H,4-5,8-15H2,1H3,(H,22,23);1H. The summed E-state index contributed by atoms with van der Waals surface area (Å²) in [5, 5.41) is 6.59. The average Bonchev–Trinajstić information content (AvgIpc) is 3.30. The predicted octanol–water partition coefficient (Wildman–Crippen LogP) is 3.43. The molecular weight excluding hydrogens is 336 g/mol. The Morgan fingerprint density at radius 2 is 2.08 bits per heavy atom. The molecule has 0 bridgehead atoms. The number of amides is 1. The molecule has 1 heterocycles. The zero-order chi connectivity index (χ0) is 16.8. The fourth-order valence-corrected chi connectivity index (χ4v) is 4.33. The molecule has 3 rings (SSSR count). The molecule has 1 aliphatic carbocycles. The van der Waals surface area contributed by atoms with Crippen molar-refractivity contribution < 1.29 is 9.53 Å². The van der Waals surface area contributed by atoms with Gasteiger partial charge in [0.25, 0.3) is 0 Å². The van der Waals surface area contributed by atoms with Gasteiger partial charge in [0, 0.05) is 23.9 Å². The number of ether oxygens (including phenoxy) is 1. The molecule has 1 aliphatic heterocycles. The molecular formula is C20H31ClN2O2. The Hall–Kier alpha value is -1.26. The van der Waals surface area contributed by atoms with Crippen molar-refractivity contribution in [3.8, 4) is 5.75 Å². The molecule has 0 aromatic heterocycles. The monoisotopic (exact) mass is 366 g/mol. The number of benzene rings is 1. The third kappa shape index (κ3) is 4.89. The van der Waals surface area contributed by atoms with Crippen LogP contribution in [0.5, 0.6) is 5.75 Å². The highest BCUT2D eigenvalue weighted by molar-refractivity contribution is 5.85. The van der Waals surface area contributed by atoms with Crippen LogP contribution in [-0.2, 0) is 10.2 Å². The minimum absolute atomic E-state index is 0. The molecule has 1 aromatic carbocycles. The van der Waals surface area contributed by atoms with Crippen molar-refractivity contribution in [2.24, 2.45) is 5.92 Å². The van der Waals surface area contributed by atoms with Crippen LogP contribution in [0.2, 0.25) is 0 Å². The van der Waals surface area contributed by atoms with Crippen molar-refractivity contribution in [2.75, 3.05) is 26.7 Å². The Morgan fingerprint density at radius 3 is 2.76 bits per heavy atom. The van der Waals surface area contributed by atoms with E-state index in [9.17, 15) is 4.79 Å². The summed E-state index contributed by atoms with van der Waals surface area (Å²) in [6, 6.07) is 8.29. The lowest BCUT2D eigenvalue weighted by Crippen LogP contribution is -2.39. The van der Waals surface area contributed by atoms with E-state index in [2.05, 4.69) is 22.8 Å². The summed E-state index contributed by atoms with van der Waals surface area (Å²) in [6.07, 6.45) is 7.55. The number of hydrogen-bond donors (Lipinski definition) is 2. The van der Waals surface area contributed by atoms with Gasteiger partial charge >= 0.3 is 0 Å². The van der Waals surface area contributed by atoms with Crippen molar-refractivity contribution in [1.82, 2.24) is 10.6 Å². The van der Waals surface area contributed by atoms with E-state index in [1.54, 1.807) is 7.11 Å². The number of halogens is 1. The van der Waals surface area contributed by atoms with Crippen molar-refractivity contribution >= 4 is 18.3 Å². The topological polar surface area (TPSA) is 50.4 Å². The molecule has 5 heteroatoms. The molecule has 25 heavy (non-hydrogen) atoms. The van der Waals surface area contributed by atoms with E-state index in [1.165, 1.54) is 24.8 Å². The van der Waals surface area contributed by atoms with Crippen LogP contribution >= 0.6 is 12.4 Å². The quantitative estimate of drug-likeness (QED) is 0.777. The summed E-state index contributed by atoms with van der Waals surface area (Å²) in [5.74, 6) is 1.82. The first-order valence-electron chi connectivity index (χ1n) is 9.34. The summed E-state index contributed by atoms with van der Waals surface area (Å²) in [7, 11) is 1.73. The third-order valence-electron chi connectivity index (χ3n) is 5.80. The highest BCUT2D eigenvalue weighted by Crippen LogP contribution is 2.44. The summed E-state index contributed by atoms with van der Waals surface area (Å²) in [4.78, 5) is 12.3. The van der Waals surface area contributed by atoms with E-state index < -0.39 is 0 Å². The lowest BCUT2D eigenvalue weighted by molar-refractivity contribution is -0.121. The average molecular weight is 367 g/mol. The Labute approximate surface area is 157 Å². The molecule has 1 aromatic rings. The SMILES string of the molecule is COc1ccccc1C1(CNC(=O)CCC2CCNC2)CCCC1.Cl. The molecule has 1 saturated heterocycles. The van der Waals surface area contributed by atoms with E-state index in [0.29, 0.717) is 12.3 Å². The second-order valence-electron chi connectivity index (χ2n) is 7.36. The first-order valence-corrected chi connectivity index (χ1v) is 9.34. The van der Waals surface area contributed by atoms with Crippen LogP contribution in [0, 0.1) is 5.92 Å². The molecule has 0 radical (unpaired) electrons. The maximum atomic E-state index is 12.3. The molecule has 1 atom stereocenters. The van der Waals surface area contributed by atoms with Crippen LogP contribution in [0.15, 0.2) is 24.3 Å². The number of carbonyl (C=O) groups excluding carboxylic acids is 1. The Morgan fingerprint density at radius 1 is 1.32 bits per heavy atom. The fourth-order valence-electron chi connectivity index (χ4n) is 4.33. The van der Waals surface area contributed by atoms with Gasteiger partial charge in [-0.3, -0.25) is 4.79 Å². The molecule has 4 nitrogen and oxygen atoms in total. The zero-order valence-corrected chi connectivity index (χ0v) is 16.0. The van der Waals surface area contributed by atoms with Crippen LogP contribution in [0.3, 0.4) is 0 Å². The van der Waals surface area contributed by atoms with Gasteiger partial charge in [0.1, 0.15) is 5.75 Å². The number of carbonyl (C=O) groups is 1. The number of hydrogen-bond acceptors (Lipinski definition) is 3.